The molecule has 1 aliphatic rings. The summed E-state index contributed by atoms with van der Waals surface area (Å²) in [5.74, 6) is -2.02. The summed E-state index contributed by atoms with van der Waals surface area (Å²) in [5, 5.41) is 3.52. The average Bonchev–Trinajstić information content (AvgIpc) is 3.02. The van der Waals surface area contributed by atoms with Gasteiger partial charge in [-0.05, 0) is 48.4 Å². The average molecular weight is 486 g/mol. The van der Waals surface area contributed by atoms with Gasteiger partial charge in [-0.1, -0.05) is 17.7 Å². The fraction of sp³-hybridized carbons (Fsp3) is 0.286. The third-order valence-electron chi connectivity index (χ3n) is 5.01. The number of nitrogens with one attached hydrogen (secondary N) is 2. The largest absolute Gasteiger partial charge is 0.493 e. The van der Waals surface area contributed by atoms with Crippen molar-refractivity contribution in [1.29, 1.82) is 0 Å². The number of rotatable bonds is 7. The van der Waals surface area contributed by atoms with Gasteiger partial charge in [0, 0.05) is 17.1 Å². The first-order valence-electron chi connectivity index (χ1n) is 9.52. The van der Waals surface area contributed by atoms with Crippen LogP contribution >= 0.6 is 11.6 Å². The molecular weight excluding hydrogens is 467 g/mol. The second kappa shape index (κ2) is 9.18. The second-order valence-electron chi connectivity index (χ2n) is 7.04. The minimum Gasteiger partial charge on any atom is -0.493 e. The summed E-state index contributed by atoms with van der Waals surface area (Å²) < 4.78 is 52.2. The van der Waals surface area contributed by atoms with Crippen molar-refractivity contribution in [3.05, 3.63) is 58.6 Å². The molecule has 33 heavy (non-hydrogen) atoms. The summed E-state index contributed by atoms with van der Waals surface area (Å²) in [7, 11) is 2.86. The Morgan fingerprint density at radius 1 is 1.09 bits per heavy atom. The van der Waals surface area contributed by atoms with Crippen molar-refractivity contribution < 1.29 is 37.0 Å². The molecule has 0 radical (unpaired) electrons. The minimum atomic E-state index is -5.31. The Kier molecular flexibility index (Phi) is 6.73. The Bertz CT molecular complexity index is 1080. The number of benzene rings is 2. The van der Waals surface area contributed by atoms with Gasteiger partial charge in [-0.2, -0.15) is 13.2 Å². The lowest BCUT2D eigenvalue weighted by molar-refractivity contribution is -0.200. The highest BCUT2D eigenvalue weighted by atomic mass is 35.5. The predicted octanol–water partition coefficient (Wildman–Crippen LogP) is 3.14. The molecule has 1 atom stereocenters. The fourth-order valence-electron chi connectivity index (χ4n) is 3.25. The SMILES string of the molecule is COc1ccc(CCN2C(=O)NC(NC(=O)c3ccc(Cl)cc3)(C(F)(F)F)C2=O)cc1OC. The fourth-order valence-corrected chi connectivity index (χ4v) is 3.37. The number of amides is 4. The smallest absolute Gasteiger partial charge is 0.440 e. The van der Waals surface area contributed by atoms with Gasteiger partial charge in [0.2, 0.25) is 0 Å². The van der Waals surface area contributed by atoms with Crippen molar-refractivity contribution in [3.8, 4) is 11.5 Å². The molecule has 4 amide bonds. The number of urea groups is 1. The first kappa shape index (κ1) is 24.2. The lowest BCUT2D eigenvalue weighted by Gasteiger charge is -2.29. The molecule has 1 heterocycles. The maximum absolute atomic E-state index is 14.0. The number of hydrogen-bond acceptors (Lipinski definition) is 5. The van der Waals surface area contributed by atoms with E-state index in [2.05, 4.69) is 0 Å². The number of hydrogen-bond donors (Lipinski definition) is 2. The van der Waals surface area contributed by atoms with Crippen LogP contribution in [0.15, 0.2) is 42.5 Å². The molecule has 1 saturated heterocycles. The van der Waals surface area contributed by atoms with Crippen LogP contribution in [-0.4, -0.2) is 55.3 Å². The second-order valence-corrected chi connectivity index (χ2v) is 7.47. The highest BCUT2D eigenvalue weighted by Crippen LogP contribution is 2.34. The third-order valence-corrected chi connectivity index (χ3v) is 5.26. The minimum absolute atomic E-state index is 0.0403. The van der Waals surface area contributed by atoms with Crippen LogP contribution in [0.5, 0.6) is 11.5 Å². The highest BCUT2D eigenvalue weighted by molar-refractivity contribution is 6.30. The Labute approximate surface area is 191 Å². The Hall–Kier alpha value is -3.47. The van der Waals surface area contributed by atoms with Crippen molar-refractivity contribution in [2.45, 2.75) is 18.3 Å². The van der Waals surface area contributed by atoms with Gasteiger partial charge >= 0.3 is 12.2 Å². The maximum atomic E-state index is 14.0. The number of carbonyl (C=O) groups excluding carboxylic acids is 3. The number of ether oxygens (including phenoxy) is 2. The van der Waals surface area contributed by atoms with Gasteiger partial charge < -0.3 is 14.8 Å². The molecule has 0 spiro atoms. The van der Waals surface area contributed by atoms with Crippen LogP contribution in [0.3, 0.4) is 0 Å². The lowest BCUT2D eigenvalue weighted by atomic mass is 10.1. The van der Waals surface area contributed by atoms with Gasteiger partial charge in [-0.3, -0.25) is 19.8 Å². The van der Waals surface area contributed by atoms with Crippen molar-refractivity contribution in [2.24, 2.45) is 0 Å². The van der Waals surface area contributed by atoms with Crippen LogP contribution in [0, 0.1) is 0 Å². The molecule has 1 aliphatic heterocycles. The molecule has 0 aliphatic carbocycles. The zero-order valence-corrected chi connectivity index (χ0v) is 18.2. The van der Waals surface area contributed by atoms with E-state index in [1.165, 1.54) is 38.5 Å². The molecule has 2 N–H and O–H groups in total. The summed E-state index contributed by atoms with van der Waals surface area (Å²) in [6.07, 6.45) is -5.27. The van der Waals surface area contributed by atoms with E-state index in [1.54, 1.807) is 28.8 Å². The summed E-state index contributed by atoms with van der Waals surface area (Å²) in [6.45, 7) is -0.366. The van der Waals surface area contributed by atoms with E-state index in [0.29, 0.717) is 22.0 Å². The zero-order chi connectivity index (χ0) is 24.4. The summed E-state index contributed by atoms with van der Waals surface area (Å²) in [5.41, 5.74) is -3.19. The van der Waals surface area contributed by atoms with E-state index in [-0.39, 0.29) is 23.6 Å². The van der Waals surface area contributed by atoms with E-state index in [9.17, 15) is 27.6 Å². The number of imide groups is 1. The van der Waals surface area contributed by atoms with Crippen molar-refractivity contribution in [1.82, 2.24) is 15.5 Å². The summed E-state index contributed by atoms with van der Waals surface area (Å²) in [6, 6.07) is 8.51. The zero-order valence-electron chi connectivity index (χ0n) is 17.5. The first-order chi connectivity index (χ1) is 15.5. The normalized spacial score (nSPS) is 18.2. The number of halogens is 4. The van der Waals surface area contributed by atoms with Crippen LogP contribution in [0.25, 0.3) is 0 Å². The van der Waals surface area contributed by atoms with Gasteiger partial charge in [-0.15, -0.1) is 0 Å². The lowest BCUT2D eigenvalue weighted by Crippen LogP contribution is -2.69. The molecule has 176 valence electrons. The molecule has 2 aromatic rings. The van der Waals surface area contributed by atoms with Crippen LogP contribution in [-0.2, 0) is 11.2 Å². The van der Waals surface area contributed by atoms with Crippen LogP contribution in [0.2, 0.25) is 5.02 Å². The van der Waals surface area contributed by atoms with E-state index >= 15 is 0 Å². The van der Waals surface area contributed by atoms with Crippen LogP contribution in [0.4, 0.5) is 18.0 Å². The molecule has 2 aromatic carbocycles. The monoisotopic (exact) mass is 485 g/mol. The van der Waals surface area contributed by atoms with E-state index in [4.69, 9.17) is 21.1 Å². The standard InChI is InChI=1S/C21H19ClF3N3O5/c1-32-15-8-3-12(11-16(15)33-2)9-10-28-18(30)20(21(23,24)25,27-19(28)31)26-17(29)13-4-6-14(22)7-5-13/h3-8,11H,9-10H2,1-2H3,(H,26,29)(H,27,31). The van der Waals surface area contributed by atoms with Gasteiger partial charge in [0.1, 0.15) is 0 Å². The first-order valence-corrected chi connectivity index (χ1v) is 9.90. The third kappa shape index (κ3) is 4.68. The van der Waals surface area contributed by atoms with Crippen molar-refractivity contribution in [3.63, 3.8) is 0 Å². The number of methoxy groups -OCH3 is 2. The van der Waals surface area contributed by atoms with E-state index < -0.39 is 29.7 Å². The van der Waals surface area contributed by atoms with Gasteiger partial charge in [0.05, 0.1) is 14.2 Å². The highest BCUT2D eigenvalue weighted by Gasteiger charge is 2.68. The van der Waals surface area contributed by atoms with E-state index in [0.717, 1.165) is 0 Å². The molecule has 12 heteroatoms. The molecular formula is C21H19ClF3N3O5. The summed E-state index contributed by atoms with van der Waals surface area (Å²) in [4.78, 5) is 38.0. The van der Waals surface area contributed by atoms with Crippen LogP contribution in [0.1, 0.15) is 15.9 Å². The molecule has 0 bridgehead atoms. The van der Waals surface area contributed by atoms with Gasteiger partial charge in [-0.25, -0.2) is 4.79 Å². The number of nitrogens with zero attached hydrogens (tertiary/aromatic N) is 1. The quantitative estimate of drug-likeness (QED) is 0.587. The van der Waals surface area contributed by atoms with Crippen LogP contribution < -0.4 is 20.1 Å². The Morgan fingerprint density at radius 3 is 2.30 bits per heavy atom. The topological polar surface area (TPSA) is 97.0 Å². The number of carbonyl (C=O) groups is 3. The maximum Gasteiger partial charge on any atom is 0.440 e. The van der Waals surface area contributed by atoms with Gasteiger partial charge in [0.15, 0.2) is 11.5 Å². The molecule has 1 fully saturated rings. The predicted molar refractivity (Wildman–Crippen MR) is 111 cm³/mol. The molecule has 1 unspecified atom stereocenters. The van der Waals surface area contributed by atoms with E-state index in [1.807, 2.05) is 0 Å². The van der Waals surface area contributed by atoms with Crippen molar-refractivity contribution in [2.75, 3.05) is 20.8 Å². The molecule has 8 nitrogen and oxygen atoms in total. The van der Waals surface area contributed by atoms with Gasteiger partial charge in [0.25, 0.3) is 17.5 Å². The number of alkyl halides is 3. The van der Waals surface area contributed by atoms with Crippen molar-refractivity contribution >= 4 is 29.4 Å². The molecule has 0 aromatic heterocycles. The summed E-state index contributed by atoms with van der Waals surface area (Å²) >= 11 is 5.72. The Morgan fingerprint density at radius 2 is 1.73 bits per heavy atom. The Balaban J connectivity index is 1.82. The molecule has 3 rings (SSSR count). The molecule has 0 saturated carbocycles.